The molecular weight excluding hydrogens is 511 g/mol. The van der Waals surface area contributed by atoms with Gasteiger partial charge in [0.2, 0.25) is 11.8 Å². The standard InChI is InChI=1S/C26H23N5O2S3/c1-15-6-5-7-16(2)24(15)31-23(33)14-35-26-30-20-11-10-17(12-21(20)36-26)27-22(32)13-34-25-28-18-8-3-4-9-19(18)29-25/h3-12H,13-14H2,1-2H3,(H,27,32)(H,28,29)(H,31,33). The molecule has 5 aromatic rings. The second-order valence-corrected chi connectivity index (χ2v) is 11.4. The minimum Gasteiger partial charge on any atom is -0.333 e. The van der Waals surface area contributed by atoms with Crippen molar-refractivity contribution < 1.29 is 9.59 Å². The second-order valence-electron chi connectivity index (χ2n) is 8.16. The summed E-state index contributed by atoms with van der Waals surface area (Å²) in [6.07, 6.45) is 0. The van der Waals surface area contributed by atoms with E-state index in [1.807, 2.05) is 74.5 Å². The summed E-state index contributed by atoms with van der Waals surface area (Å²) in [5.74, 6) is 0.349. The lowest BCUT2D eigenvalue weighted by atomic mass is 10.1. The van der Waals surface area contributed by atoms with Crippen LogP contribution in [0.15, 0.2) is 70.2 Å². The Kier molecular flexibility index (Phi) is 7.26. The van der Waals surface area contributed by atoms with Gasteiger partial charge < -0.3 is 15.6 Å². The number of fused-ring (bicyclic) bond motifs is 2. The Balaban J connectivity index is 1.16. The number of aromatic nitrogens is 3. The topological polar surface area (TPSA) is 99.8 Å². The van der Waals surface area contributed by atoms with Crippen molar-refractivity contribution in [2.75, 3.05) is 22.1 Å². The van der Waals surface area contributed by atoms with Crippen LogP contribution in [0.5, 0.6) is 0 Å². The van der Waals surface area contributed by atoms with E-state index in [1.165, 1.54) is 34.9 Å². The monoisotopic (exact) mass is 533 g/mol. The SMILES string of the molecule is Cc1cccc(C)c1NC(=O)CSc1nc2ccc(NC(=O)CSc3nc4ccccc4[nH]3)cc2s1. The summed E-state index contributed by atoms with van der Waals surface area (Å²) in [7, 11) is 0. The zero-order valence-corrected chi connectivity index (χ0v) is 22.1. The van der Waals surface area contributed by atoms with Crippen LogP contribution in [0.1, 0.15) is 11.1 Å². The molecule has 2 amide bonds. The van der Waals surface area contributed by atoms with Gasteiger partial charge in [0.15, 0.2) is 9.50 Å². The fraction of sp³-hybridized carbons (Fsp3) is 0.154. The van der Waals surface area contributed by atoms with E-state index in [-0.39, 0.29) is 23.3 Å². The van der Waals surface area contributed by atoms with Crippen molar-refractivity contribution in [1.29, 1.82) is 0 Å². The van der Waals surface area contributed by atoms with Gasteiger partial charge in [0.1, 0.15) is 0 Å². The molecule has 2 heterocycles. The number of aryl methyl sites for hydroxylation is 2. The van der Waals surface area contributed by atoms with Crippen molar-refractivity contribution in [3.8, 4) is 0 Å². The first-order chi connectivity index (χ1) is 17.4. The molecule has 0 saturated heterocycles. The number of H-pyrrole nitrogens is 1. The third kappa shape index (κ3) is 5.72. The van der Waals surface area contributed by atoms with E-state index >= 15 is 0 Å². The van der Waals surface area contributed by atoms with Crippen molar-refractivity contribution in [3.63, 3.8) is 0 Å². The van der Waals surface area contributed by atoms with Crippen LogP contribution in [0, 0.1) is 13.8 Å². The smallest absolute Gasteiger partial charge is 0.234 e. The molecule has 5 rings (SSSR count). The van der Waals surface area contributed by atoms with Crippen LogP contribution in [0.3, 0.4) is 0 Å². The van der Waals surface area contributed by atoms with Crippen molar-refractivity contribution >= 4 is 79.3 Å². The third-order valence-electron chi connectivity index (χ3n) is 5.43. The number of nitrogens with zero attached hydrogens (tertiary/aromatic N) is 2. The molecule has 3 N–H and O–H groups in total. The van der Waals surface area contributed by atoms with Gasteiger partial charge in [0.05, 0.1) is 32.8 Å². The molecule has 0 aliphatic heterocycles. The molecule has 0 fully saturated rings. The van der Waals surface area contributed by atoms with Crippen LogP contribution < -0.4 is 10.6 Å². The normalized spacial score (nSPS) is 11.2. The number of amides is 2. The summed E-state index contributed by atoms with van der Waals surface area (Å²) in [6.45, 7) is 3.97. The van der Waals surface area contributed by atoms with Gasteiger partial charge in [-0.25, -0.2) is 9.97 Å². The molecule has 0 spiro atoms. The highest BCUT2D eigenvalue weighted by Crippen LogP contribution is 2.32. The van der Waals surface area contributed by atoms with Crippen LogP contribution in [0.25, 0.3) is 21.3 Å². The first-order valence-electron chi connectivity index (χ1n) is 11.2. The van der Waals surface area contributed by atoms with Crippen molar-refractivity contribution in [2.24, 2.45) is 0 Å². The lowest BCUT2D eigenvalue weighted by Gasteiger charge is -2.10. The number of para-hydroxylation sites is 3. The Labute approximate surface area is 220 Å². The maximum atomic E-state index is 12.5. The molecule has 0 radical (unpaired) electrons. The zero-order valence-electron chi connectivity index (χ0n) is 19.6. The van der Waals surface area contributed by atoms with Gasteiger partial charge in [-0.15, -0.1) is 11.3 Å². The Hall–Kier alpha value is -3.34. The van der Waals surface area contributed by atoms with E-state index in [0.717, 1.165) is 42.4 Å². The highest BCUT2D eigenvalue weighted by atomic mass is 32.2. The molecule has 2 aromatic heterocycles. The minimum absolute atomic E-state index is 0.0634. The molecule has 0 aliphatic rings. The number of rotatable bonds is 8. The van der Waals surface area contributed by atoms with Crippen molar-refractivity contribution in [3.05, 3.63) is 71.8 Å². The van der Waals surface area contributed by atoms with Gasteiger partial charge >= 0.3 is 0 Å². The molecular formula is C26H23N5O2S3. The van der Waals surface area contributed by atoms with Crippen molar-refractivity contribution in [2.45, 2.75) is 23.3 Å². The number of thioether (sulfide) groups is 2. The average Bonchev–Trinajstić information content (AvgIpc) is 3.47. The quantitative estimate of drug-likeness (QED) is 0.204. The Bertz CT molecular complexity index is 1520. The number of nitrogens with one attached hydrogen (secondary N) is 3. The highest BCUT2D eigenvalue weighted by molar-refractivity contribution is 8.01. The van der Waals surface area contributed by atoms with Gasteiger partial charge in [0.25, 0.3) is 0 Å². The van der Waals surface area contributed by atoms with Crippen molar-refractivity contribution in [1.82, 2.24) is 15.0 Å². The molecule has 7 nitrogen and oxygen atoms in total. The van der Waals surface area contributed by atoms with Gasteiger partial charge in [-0.05, 0) is 55.3 Å². The first-order valence-corrected chi connectivity index (χ1v) is 14.0. The molecule has 0 atom stereocenters. The van der Waals surface area contributed by atoms with E-state index in [0.29, 0.717) is 10.8 Å². The Morgan fingerprint density at radius 2 is 1.61 bits per heavy atom. The predicted octanol–water partition coefficient (Wildman–Crippen LogP) is 6.25. The predicted molar refractivity (Wildman–Crippen MR) is 150 cm³/mol. The number of carbonyl (C=O) groups excluding carboxylic acids is 2. The number of carbonyl (C=O) groups is 2. The van der Waals surface area contributed by atoms with E-state index < -0.39 is 0 Å². The minimum atomic E-state index is -0.109. The number of aromatic amines is 1. The Morgan fingerprint density at radius 1 is 0.861 bits per heavy atom. The molecule has 36 heavy (non-hydrogen) atoms. The van der Waals surface area contributed by atoms with Gasteiger partial charge in [-0.2, -0.15) is 0 Å². The average molecular weight is 534 g/mol. The lowest BCUT2D eigenvalue weighted by Crippen LogP contribution is -2.15. The zero-order chi connectivity index (χ0) is 25.1. The fourth-order valence-corrected chi connectivity index (χ4v) is 6.28. The lowest BCUT2D eigenvalue weighted by molar-refractivity contribution is -0.114. The molecule has 0 saturated carbocycles. The maximum Gasteiger partial charge on any atom is 0.234 e. The summed E-state index contributed by atoms with van der Waals surface area (Å²) in [5.41, 5.74) is 6.34. The maximum absolute atomic E-state index is 12.5. The van der Waals surface area contributed by atoms with Crippen LogP contribution in [-0.2, 0) is 9.59 Å². The van der Waals surface area contributed by atoms with Gasteiger partial charge in [0, 0.05) is 11.4 Å². The highest BCUT2D eigenvalue weighted by Gasteiger charge is 2.12. The van der Waals surface area contributed by atoms with E-state index in [4.69, 9.17) is 0 Å². The summed E-state index contributed by atoms with van der Waals surface area (Å²) in [4.78, 5) is 37.3. The number of hydrogen-bond donors (Lipinski definition) is 3. The van der Waals surface area contributed by atoms with Crippen LogP contribution >= 0.6 is 34.9 Å². The molecule has 0 bridgehead atoms. The van der Waals surface area contributed by atoms with E-state index in [9.17, 15) is 9.59 Å². The summed E-state index contributed by atoms with van der Waals surface area (Å²) in [5, 5.41) is 6.66. The van der Waals surface area contributed by atoms with Gasteiger partial charge in [-0.3, -0.25) is 9.59 Å². The number of imidazole rings is 1. The number of anilines is 2. The van der Waals surface area contributed by atoms with E-state index in [2.05, 4.69) is 25.6 Å². The summed E-state index contributed by atoms with van der Waals surface area (Å²) in [6, 6.07) is 19.4. The molecule has 0 aliphatic carbocycles. The Morgan fingerprint density at radius 3 is 2.42 bits per heavy atom. The largest absolute Gasteiger partial charge is 0.333 e. The third-order valence-corrected chi connectivity index (χ3v) is 8.47. The van der Waals surface area contributed by atoms with Crippen LogP contribution in [0.4, 0.5) is 11.4 Å². The summed E-state index contributed by atoms with van der Waals surface area (Å²) >= 11 is 4.28. The van der Waals surface area contributed by atoms with E-state index in [1.54, 1.807) is 0 Å². The molecule has 0 unspecified atom stereocenters. The van der Waals surface area contributed by atoms with Crippen LogP contribution in [0.2, 0.25) is 0 Å². The molecule has 182 valence electrons. The van der Waals surface area contributed by atoms with Gasteiger partial charge in [-0.1, -0.05) is 53.9 Å². The fourth-order valence-electron chi connectivity index (χ4n) is 3.69. The van der Waals surface area contributed by atoms with Crippen LogP contribution in [-0.4, -0.2) is 38.3 Å². The summed E-state index contributed by atoms with van der Waals surface area (Å²) < 4.78 is 1.76. The molecule has 3 aromatic carbocycles. The number of thiazole rings is 1. The second kappa shape index (κ2) is 10.7. The number of benzene rings is 3. The first kappa shape index (κ1) is 24.4. The molecule has 10 heteroatoms. The number of hydrogen-bond acceptors (Lipinski definition) is 7.